The molecule has 6 nitrogen and oxygen atoms in total. The Bertz CT molecular complexity index is 598. The molecule has 0 saturated carbocycles. The SMILES string of the molecule is O=C(O)c1coc(-c2ccc(OC3CCOC3)cc2)n1. The van der Waals surface area contributed by atoms with Crippen LogP contribution in [-0.2, 0) is 4.74 Å². The molecule has 1 fully saturated rings. The van der Waals surface area contributed by atoms with Gasteiger partial charge in [-0.2, -0.15) is 0 Å². The fraction of sp³-hybridized carbons (Fsp3) is 0.286. The molecule has 2 heterocycles. The van der Waals surface area contributed by atoms with Crippen molar-refractivity contribution in [2.24, 2.45) is 0 Å². The average Bonchev–Trinajstić information content (AvgIpc) is 3.10. The highest BCUT2D eigenvalue weighted by molar-refractivity contribution is 5.85. The predicted octanol–water partition coefficient (Wildman–Crippen LogP) is 2.21. The lowest BCUT2D eigenvalue weighted by Gasteiger charge is -2.11. The molecule has 1 unspecified atom stereocenters. The van der Waals surface area contributed by atoms with Gasteiger partial charge in [0.2, 0.25) is 5.89 Å². The lowest BCUT2D eigenvalue weighted by atomic mass is 10.2. The average molecular weight is 275 g/mol. The molecule has 0 amide bonds. The molecule has 1 atom stereocenters. The number of aromatic nitrogens is 1. The first kappa shape index (κ1) is 12.7. The van der Waals surface area contributed by atoms with Crippen molar-refractivity contribution in [2.45, 2.75) is 12.5 Å². The number of aromatic carboxylic acids is 1. The number of carboxylic acid groups (broad SMARTS) is 1. The summed E-state index contributed by atoms with van der Waals surface area (Å²) < 4.78 is 16.1. The molecule has 6 heteroatoms. The van der Waals surface area contributed by atoms with Crippen molar-refractivity contribution >= 4 is 5.97 Å². The minimum atomic E-state index is -1.11. The van der Waals surface area contributed by atoms with Gasteiger partial charge in [0.1, 0.15) is 18.1 Å². The van der Waals surface area contributed by atoms with Gasteiger partial charge in [0.15, 0.2) is 5.69 Å². The van der Waals surface area contributed by atoms with Crippen LogP contribution in [0.2, 0.25) is 0 Å². The van der Waals surface area contributed by atoms with Crippen LogP contribution in [0.1, 0.15) is 16.9 Å². The largest absolute Gasteiger partial charge is 0.488 e. The first-order valence-corrected chi connectivity index (χ1v) is 6.26. The first-order valence-electron chi connectivity index (χ1n) is 6.26. The van der Waals surface area contributed by atoms with Gasteiger partial charge in [-0.25, -0.2) is 9.78 Å². The summed E-state index contributed by atoms with van der Waals surface area (Å²) in [5.41, 5.74) is 0.593. The molecular formula is C14H13NO5. The summed E-state index contributed by atoms with van der Waals surface area (Å²) in [6.07, 6.45) is 2.11. The maximum atomic E-state index is 10.7. The Morgan fingerprint density at radius 1 is 1.35 bits per heavy atom. The van der Waals surface area contributed by atoms with Gasteiger partial charge >= 0.3 is 5.97 Å². The van der Waals surface area contributed by atoms with E-state index in [1.165, 1.54) is 0 Å². The smallest absolute Gasteiger partial charge is 0.357 e. The van der Waals surface area contributed by atoms with Gasteiger partial charge in [-0.3, -0.25) is 0 Å². The number of carbonyl (C=O) groups is 1. The van der Waals surface area contributed by atoms with Crippen LogP contribution in [0.5, 0.6) is 5.75 Å². The van der Waals surface area contributed by atoms with Crippen LogP contribution < -0.4 is 4.74 Å². The lowest BCUT2D eigenvalue weighted by Crippen LogP contribution is -2.15. The van der Waals surface area contributed by atoms with Gasteiger partial charge in [-0.15, -0.1) is 0 Å². The highest BCUT2D eigenvalue weighted by Gasteiger charge is 2.17. The van der Waals surface area contributed by atoms with Crippen LogP contribution in [0.15, 0.2) is 34.9 Å². The van der Waals surface area contributed by atoms with E-state index < -0.39 is 5.97 Å². The van der Waals surface area contributed by atoms with Gasteiger partial charge in [-0.1, -0.05) is 0 Å². The molecule has 0 aliphatic carbocycles. The minimum absolute atomic E-state index is 0.0983. The Morgan fingerprint density at radius 2 is 2.15 bits per heavy atom. The number of hydrogen-bond donors (Lipinski definition) is 1. The second-order valence-corrected chi connectivity index (χ2v) is 4.47. The number of nitrogens with zero attached hydrogens (tertiary/aromatic N) is 1. The number of ether oxygens (including phenoxy) is 2. The number of hydrogen-bond acceptors (Lipinski definition) is 5. The third-order valence-corrected chi connectivity index (χ3v) is 3.02. The molecule has 1 aromatic heterocycles. The molecule has 1 aliphatic rings. The van der Waals surface area contributed by atoms with Crippen LogP contribution in [-0.4, -0.2) is 35.4 Å². The summed E-state index contributed by atoms with van der Waals surface area (Å²) in [7, 11) is 0. The van der Waals surface area contributed by atoms with E-state index in [9.17, 15) is 4.79 Å². The first-order chi connectivity index (χ1) is 9.72. The van der Waals surface area contributed by atoms with Crippen LogP contribution in [0, 0.1) is 0 Å². The van der Waals surface area contributed by atoms with Crippen molar-refractivity contribution in [3.05, 3.63) is 36.2 Å². The molecule has 104 valence electrons. The highest BCUT2D eigenvalue weighted by atomic mass is 16.5. The van der Waals surface area contributed by atoms with Gasteiger partial charge in [0.05, 0.1) is 13.2 Å². The zero-order valence-corrected chi connectivity index (χ0v) is 10.6. The normalized spacial score (nSPS) is 18.1. The van der Waals surface area contributed by atoms with E-state index in [1.54, 1.807) is 24.3 Å². The summed E-state index contributed by atoms with van der Waals surface area (Å²) in [6.45, 7) is 1.35. The fourth-order valence-corrected chi connectivity index (χ4v) is 1.98. The van der Waals surface area contributed by atoms with Gasteiger partial charge < -0.3 is 19.0 Å². The molecule has 1 saturated heterocycles. The van der Waals surface area contributed by atoms with Crippen LogP contribution in [0.3, 0.4) is 0 Å². The summed E-state index contributed by atoms with van der Waals surface area (Å²) in [4.78, 5) is 14.6. The van der Waals surface area contributed by atoms with Crippen LogP contribution in [0.4, 0.5) is 0 Å². The maximum Gasteiger partial charge on any atom is 0.357 e. The monoisotopic (exact) mass is 275 g/mol. The highest BCUT2D eigenvalue weighted by Crippen LogP contribution is 2.23. The Balaban J connectivity index is 1.72. The molecule has 0 spiro atoms. The standard InChI is InChI=1S/C14H13NO5/c16-14(17)12-8-19-13(15-12)9-1-3-10(4-2-9)20-11-5-6-18-7-11/h1-4,8,11H,5-7H2,(H,16,17). The van der Waals surface area contributed by atoms with Crippen molar-refractivity contribution < 1.29 is 23.8 Å². The molecular weight excluding hydrogens is 262 g/mol. The predicted molar refractivity (Wildman–Crippen MR) is 68.8 cm³/mol. The number of carboxylic acids is 1. The fourth-order valence-electron chi connectivity index (χ4n) is 1.98. The maximum absolute atomic E-state index is 10.7. The van der Waals surface area contributed by atoms with Crippen molar-refractivity contribution in [3.8, 4) is 17.2 Å². The zero-order valence-electron chi connectivity index (χ0n) is 10.6. The quantitative estimate of drug-likeness (QED) is 0.921. The second-order valence-electron chi connectivity index (χ2n) is 4.47. The van der Waals surface area contributed by atoms with E-state index in [4.69, 9.17) is 19.0 Å². The Labute approximate surface area is 115 Å². The lowest BCUT2D eigenvalue weighted by molar-refractivity contribution is 0.0690. The van der Waals surface area contributed by atoms with Crippen molar-refractivity contribution in [1.82, 2.24) is 4.98 Å². The molecule has 1 aliphatic heterocycles. The van der Waals surface area contributed by atoms with Crippen molar-refractivity contribution in [3.63, 3.8) is 0 Å². The van der Waals surface area contributed by atoms with E-state index in [0.29, 0.717) is 12.2 Å². The molecule has 0 bridgehead atoms. The van der Waals surface area contributed by atoms with Crippen molar-refractivity contribution in [2.75, 3.05) is 13.2 Å². The molecule has 0 radical (unpaired) electrons. The number of oxazole rings is 1. The molecule has 2 aromatic rings. The van der Waals surface area contributed by atoms with Gasteiger partial charge in [0.25, 0.3) is 0 Å². The summed E-state index contributed by atoms with van der Waals surface area (Å²) in [6, 6.07) is 7.17. The molecule has 1 aromatic carbocycles. The summed E-state index contributed by atoms with van der Waals surface area (Å²) in [5, 5.41) is 8.79. The third-order valence-electron chi connectivity index (χ3n) is 3.02. The minimum Gasteiger partial charge on any atom is -0.488 e. The third kappa shape index (κ3) is 2.65. The summed E-state index contributed by atoms with van der Waals surface area (Å²) >= 11 is 0. The second kappa shape index (κ2) is 5.34. The van der Waals surface area contributed by atoms with E-state index in [-0.39, 0.29) is 17.7 Å². The Hall–Kier alpha value is -2.34. The summed E-state index contributed by atoms with van der Waals surface area (Å²) in [5.74, 6) is -0.0893. The molecule has 1 N–H and O–H groups in total. The number of rotatable bonds is 4. The molecule has 20 heavy (non-hydrogen) atoms. The number of benzene rings is 1. The van der Waals surface area contributed by atoms with Crippen LogP contribution in [0.25, 0.3) is 11.5 Å². The van der Waals surface area contributed by atoms with Crippen molar-refractivity contribution in [1.29, 1.82) is 0 Å². The van der Waals surface area contributed by atoms with Gasteiger partial charge in [0, 0.05) is 12.0 Å². The van der Waals surface area contributed by atoms with E-state index >= 15 is 0 Å². The Kier molecular flexibility index (Phi) is 3.39. The van der Waals surface area contributed by atoms with E-state index in [0.717, 1.165) is 25.0 Å². The zero-order chi connectivity index (χ0) is 13.9. The Morgan fingerprint density at radius 3 is 2.75 bits per heavy atom. The van der Waals surface area contributed by atoms with E-state index in [2.05, 4.69) is 4.98 Å². The van der Waals surface area contributed by atoms with Crippen LogP contribution >= 0.6 is 0 Å². The van der Waals surface area contributed by atoms with Gasteiger partial charge in [-0.05, 0) is 24.3 Å². The van der Waals surface area contributed by atoms with E-state index in [1.807, 2.05) is 0 Å². The molecule has 3 rings (SSSR count). The topological polar surface area (TPSA) is 81.8 Å².